The Bertz CT molecular complexity index is 472. The van der Waals surface area contributed by atoms with Gasteiger partial charge in [-0.15, -0.1) is 0 Å². The van der Waals surface area contributed by atoms with E-state index in [4.69, 9.17) is 4.74 Å². The van der Waals surface area contributed by atoms with Crippen LogP contribution in [0.2, 0.25) is 0 Å². The average molecular weight is 345 g/mol. The quantitative estimate of drug-likeness (QED) is 0.729. The van der Waals surface area contributed by atoms with Gasteiger partial charge in [0.15, 0.2) is 0 Å². The summed E-state index contributed by atoms with van der Waals surface area (Å²) in [6.45, 7) is 7.34. The number of carbonyl (C=O) groups excluding carboxylic acids is 1. The largest absolute Gasteiger partial charge is 0.508 e. The molecule has 0 aliphatic heterocycles. The molecule has 0 heterocycles. The minimum atomic E-state index is -0.551. The van der Waals surface area contributed by atoms with Gasteiger partial charge in [-0.1, -0.05) is 22.9 Å². The number of hydrogen-bond acceptors (Lipinski definition) is 4. The van der Waals surface area contributed by atoms with Crippen LogP contribution in [0.4, 0.5) is 4.79 Å². The molecule has 0 radical (unpaired) electrons. The Balaban J connectivity index is 2.68. The molecule has 1 aromatic carbocycles. The van der Waals surface area contributed by atoms with E-state index in [1.807, 2.05) is 13.0 Å². The smallest absolute Gasteiger partial charge is 0.422 e. The lowest BCUT2D eigenvalue weighted by Crippen LogP contribution is -2.42. The molecule has 0 fully saturated rings. The Hall–Kier alpha value is -1.27. The minimum absolute atomic E-state index is 0.179. The maximum absolute atomic E-state index is 11.6. The molecule has 1 amide bonds. The topological polar surface area (TPSA) is 70.6 Å². The summed E-state index contributed by atoms with van der Waals surface area (Å²) in [6, 6.07) is 4.97. The van der Waals surface area contributed by atoms with Crippen molar-refractivity contribution >= 4 is 22.0 Å². The van der Waals surface area contributed by atoms with Gasteiger partial charge in [-0.2, -0.15) is 0 Å². The van der Waals surface area contributed by atoms with E-state index in [1.165, 1.54) is 0 Å². The number of hydrazine groups is 1. The van der Waals surface area contributed by atoms with Gasteiger partial charge in [0.2, 0.25) is 0 Å². The highest BCUT2D eigenvalue weighted by Gasteiger charge is 2.18. The highest BCUT2D eigenvalue weighted by atomic mass is 79.9. The highest BCUT2D eigenvalue weighted by molar-refractivity contribution is 9.10. The molecule has 0 aliphatic rings. The standard InChI is InChI=1S/C14H21BrN2O3/c1-5-11(10-8-9(15)6-7-12(10)18)16-17-13(19)20-14(2,3)4/h6-8,11,16,18H,5H2,1-4H3,(H,17,19). The highest BCUT2D eigenvalue weighted by Crippen LogP contribution is 2.28. The Labute approximate surface area is 127 Å². The van der Waals surface area contributed by atoms with E-state index in [0.717, 1.165) is 4.47 Å². The Kier molecular flexibility index (Phi) is 5.83. The van der Waals surface area contributed by atoms with E-state index in [9.17, 15) is 9.90 Å². The number of ether oxygens (including phenoxy) is 1. The zero-order valence-corrected chi connectivity index (χ0v) is 13.7. The maximum atomic E-state index is 11.6. The molecule has 0 bridgehead atoms. The van der Waals surface area contributed by atoms with E-state index in [2.05, 4.69) is 26.8 Å². The number of rotatable bonds is 4. The number of phenols is 1. The normalized spacial score (nSPS) is 12.8. The number of halogens is 1. The van der Waals surface area contributed by atoms with Gasteiger partial charge in [0, 0.05) is 10.0 Å². The fraction of sp³-hybridized carbons (Fsp3) is 0.500. The van der Waals surface area contributed by atoms with Crippen LogP contribution < -0.4 is 10.9 Å². The molecule has 6 heteroatoms. The van der Waals surface area contributed by atoms with Crippen molar-refractivity contribution < 1.29 is 14.6 Å². The number of phenolic OH excluding ortho intramolecular Hbond substituents is 1. The van der Waals surface area contributed by atoms with Gasteiger partial charge in [-0.05, 0) is 45.4 Å². The number of benzene rings is 1. The van der Waals surface area contributed by atoms with Crippen LogP contribution in [0, 0.1) is 0 Å². The Morgan fingerprint density at radius 1 is 1.45 bits per heavy atom. The van der Waals surface area contributed by atoms with Gasteiger partial charge in [0.25, 0.3) is 0 Å². The van der Waals surface area contributed by atoms with Gasteiger partial charge in [-0.25, -0.2) is 10.2 Å². The number of aromatic hydroxyl groups is 1. The lowest BCUT2D eigenvalue weighted by atomic mass is 10.0. The predicted molar refractivity (Wildman–Crippen MR) is 81.3 cm³/mol. The minimum Gasteiger partial charge on any atom is -0.508 e. The van der Waals surface area contributed by atoms with Crippen molar-refractivity contribution in [2.75, 3.05) is 0 Å². The van der Waals surface area contributed by atoms with Crippen molar-refractivity contribution in [3.8, 4) is 5.75 Å². The summed E-state index contributed by atoms with van der Waals surface area (Å²) in [5, 5.41) is 9.88. The maximum Gasteiger partial charge on any atom is 0.422 e. The molecule has 0 aromatic heterocycles. The summed E-state index contributed by atoms with van der Waals surface area (Å²) in [6.07, 6.45) is 0.144. The average Bonchev–Trinajstić information content (AvgIpc) is 2.32. The summed E-state index contributed by atoms with van der Waals surface area (Å²) >= 11 is 3.36. The second kappa shape index (κ2) is 6.95. The molecule has 20 heavy (non-hydrogen) atoms. The molecule has 5 nitrogen and oxygen atoms in total. The van der Waals surface area contributed by atoms with Crippen LogP contribution >= 0.6 is 15.9 Å². The van der Waals surface area contributed by atoms with Crippen LogP contribution in [-0.4, -0.2) is 16.8 Å². The SMILES string of the molecule is CCC(NNC(=O)OC(C)(C)C)c1cc(Br)ccc1O. The van der Waals surface area contributed by atoms with Crippen molar-refractivity contribution in [3.05, 3.63) is 28.2 Å². The molecular formula is C14H21BrN2O3. The number of carbonyl (C=O) groups is 1. The number of amides is 1. The van der Waals surface area contributed by atoms with E-state index < -0.39 is 11.7 Å². The van der Waals surface area contributed by atoms with Crippen LogP contribution in [0.3, 0.4) is 0 Å². The first-order valence-electron chi connectivity index (χ1n) is 6.46. The first-order chi connectivity index (χ1) is 9.23. The fourth-order valence-corrected chi connectivity index (χ4v) is 2.03. The lowest BCUT2D eigenvalue weighted by molar-refractivity contribution is 0.0486. The van der Waals surface area contributed by atoms with Gasteiger partial charge in [-0.3, -0.25) is 5.43 Å². The Morgan fingerprint density at radius 3 is 2.65 bits per heavy atom. The van der Waals surface area contributed by atoms with Crippen LogP contribution in [0.1, 0.15) is 45.7 Å². The van der Waals surface area contributed by atoms with Gasteiger partial charge >= 0.3 is 6.09 Å². The zero-order chi connectivity index (χ0) is 15.3. The van der Waals surface area contributed by atoms with Gasteiger partial charge in [0.05, 0.1) is 6.04 Å². The summed E-state index contributed by atoms with van der Waals surface area (Å²) in [4.78, 5) is 11.6. The molecule has 0 spiro atoms. The number of nitrogens with one attached hydrogen (secondary N) is 2. The van der Waals surface area contributed by atoms with Crippen LogP contribution in [-0.2, 0) is 4.74 Å². The molecule has 1 atom stereocenters. The zero-order valence-electron chi connectivity index (χ0n) is 12.2. The summed E-state index contributed by atoms with van der Waals surface area (Å²) < 4.78 is 6.00. The molecular weight excluding hydrogens is 324 g/mol. The Morgan fingerprint density at radius 2 is 2.10 bits per heavy atom. The number of hydrogen-bond donors (Lipinski definition) is 3. The lowest BCUT2D eigenvalue weighted by Gasteiger charge is -2.23. The molecule has 0 saturated heterocycles. The third-order valence-corrected chi connectivity index (χ3v) is 3.01. The van der Waals surface area contributed by atoms with E-state index in [0.29, 0.717) is 12.0 Å². The second-order valence-corrected chi connectivity index (χ2v) is 6.35. The van der Waals surface area contributed by atoms with Crippen molar-refractivity contribution in [2.24, 2.45) is 0 Å². The van der Waals surface area contributed by atoms with Crippen molar-refractivity contribution in [2.45, 2.75) is 45.8 Å². The predicted octanol–water partition coefficient (Wildman–Crippen LogP) is 3.64. The molecule has 3 N–H and O–H groups in total. The second-order valence-electron chi connectivity index (χ2n) is 5.44. The van der Waals surface area contributed by atoms with Crippen molar-refractivity contribution in [1.82, 2.24) is 10.9 Å². The molecule has 1 aromatic rings. The van der Waals surface area contributed by atoms with E-state index in [-0.39, 0.29) is 11.8 Å². The van der Waals surface area contributed by atoms with Crippen LogP contribution in [0.25, 0.3) is 0 Å². The van der Waals surface area contributed by atoms with Crippen molar-refractivity contribution in [1.29, 1.82) is 0 Å². The van der Waals surface area contributed by atoms with Gasteiger partial charge < -0.3 is 9.84 Å². The molecule has 0 saturated carbocycles. The summed E-state index contributed by atoms with van der Waals surface area (Å²) in [5.41, 5.74) is 5.52. The summed E-state index contributed by atoms with van der Waals surface area (Å²) in [5.74, 6) is 0.179. The van der Waals surface area contributed by atoms with E-state index in [1.54, 1.807) is 32.9 Å². The van der Waals surface area contributed by atoms with Crippen LogP contribution in [0.15, 0.2) is 22.7 Å². The van der Waals surface area contributed by atoms with Crippen LogP contribution in [0.5, 0.6) is 5.75 Å². The monoisotopic (exact) mass is 344 g/mol. The molecule has 0 aliphatic carbocycles. The molecule has 1 unspecified atom stereocenters. The molecule has 112 valence electrons. The first-order valence-corrected chi connectivity index (χ1v) is 7.25. The van der Waals surface area contributed by atoms with Crippen molar-refractivity contribution in [3.63, 3.8) is 0 Å². The third-order valence-electron chi connectivity index (χ3n) is 2.52. The van der Waals surface area contributed by atoms with Gasteiger partial charge in [0.1, 0.15) is 11.4 Å². The molecule has 1 rings (SSSR count). The first kappa shape index (κ1) is 16.8. The fourth-order valence-electron chi connectivity index (χ4n) is 1.65. The summed E-state index contributed by atoms with van der Waals surface area (Å²) in [7, 11) is 0. The van der Waals surface area contributed by atoms with E-state index >= 15 is 0 Å². The third kappa shape index (κ3) is 5.38.